The Bertz CT molecular complexity index is 846. The number of carbonyl (C=O) groups excluding carboxylic acids is 1. The summed E-state index contributed by atoms with van der Waals surface area (Å²) in [6, 6.07) is 12.1. The summed E-state index contributed by atoms with van der Waals surface area (Å²) in [5.74, 6) is 0.124. The molecule has 1 aliphatic heterocycles. The Morgan fingerprint density at radius 1 is 1.18 bits per heavy atom. The number of anilines is 1. The summed E-state index contributed by atoms with van der Waals surface area (Å²) < 4.78 is 6.53. The third kappa shape index (κ3) is 5.30. The number of thiazole rings is 1. The number of benzene rings is 1. The number of aromatic nitrogens is 1. The Hall–Kier alpha value is -1.51. The topological polar surface area (TPSA) is 45.7 Å². The second-order valence-electron chi connectivity index (χ2n) is 6.57. The van der Waals surface area contributed by atoms with Crippen molar-refractivity contribution in [3.8, 4) is 0 Å². The maximum absolute atomic E-state index is 13.0. The number of amides is 1. The number of morpholine rings is 1. The summed E-state index contributed by atoms with van der Waals surface area (Å²) in [6.07, 6.45) is 1.37. The summed E-state index contributed by atoms with van der Waals surface area (Å²) in [7, 11) is 0. The molecule has 1 fully saturated rings. The minimum atomic E-state index is 0. The van der Waals surface area contributed by atoms with Crippen LogP contribution in [0.2, 0.25) is 0 Å². The molecule has 1 saturated heterocycles. The van der Waals surface area contributed by atoms with Crippen LogP contribution in [0, 0.1) is 0 Å². The molecule has 1 amide bonds. The molecule has 4 rings (SSSR count). The second kappa shape index (κ2) is 10.3. The van der Waals surface area contributed by atoms with Gasteiger partial charge in [0, 0.05) is 31.1 Å². The first kappa shape index (κ1) is 21.2. The molecule has 150 valence electrons. The molecule has 0 atom stereocenters. The number of nitrogens with zero attached hydrogens (tertiary/aromatic N) is 3. The molecule has 1 aliphatic rings. The van der Waals surface area contributed by atoms with Crippen molar-refractivity contribution in [2.75, 3.05) is 44.3 Å². The lowest BCUT2D eigenvalue weighted by Gasteiger charge is -2.27. The van der Waals surface area contributed by atoms with E-state index in [2.05, 4.69) is 11.0 Å². The first-order chi connectivity index (χ1) is 13.3. The predicted octanol–water partition coefficient (Wildman–Crippen LogP) is 4.08. The highest BCUT2D eigenvalue weighted by Gasteiger charge is 2.21. The van der Waals surface area contributed by atoms with Crippen molar-refractivity contribution in [2.45, 2.75) is 12.8 Å². The molecular formula is C20H24ClN3O2S2. The zero-order valence-corrected chi connectivity index (χ0v) is 18.0. The number of halogens is 1. The van der Waals surface area contributed by atoms with Gasteiger partial charge in [-0.25, -0.2) is 4.98 Å². The van der Waals surface area contributed by atoms with Crippen LogP contribution in [0.15, 0.2) is 41.8 Å². The van der Waals surface area contributed by atoms with E-state index in [1.165, 1.54) is 0 Å². The van der Waals surface area contributed by atoms with E-state index in [4.69, 9.17) is 9.72 Å². The van der Waals surface area contributed by atoms with E-state index in [0.717, 1.165) is 59.5 Å². The Balaban J connectivity index is 0.00000225. The van der Waals surface area contributed by atoms with Gasteiger partial charge in [-0.1, -0.05) is 29.5 Å². The van der Waals surface area contributed by atoms with Gasteiger partial charge in [0.1, 0.15) is 0 Å². The molecule has 0 spiro atoms. The molecule has 0 aliphatic carbocycles. The lowest BCUT2D eigenvalue weighted by Crippen LogP contribution is -2.39. The number of carbonyl (C=O) groups is 1. The van der Waals surface area contributed by atoms with E-state index in [-0.39, 0.29) is 18.3 Å². The van der Waals surface area contributed by atoms with E-state index in [9.17, 15) is 4.79 Å². The average molecular weight is 438 g/mol. The molecule has 2 aromatic heterocycles. The molecule has 1 aromatic carbocycles. The third-order valence-electron chi connectivity index (χ3n) is 4.68. The largest absolute Gasteiger partial charge is 0.379 e. The Morgan fingerprint density at radius 3 is 2.75 bits per heavy atom. The zero-order valence-electron chi connectivity index (χ0n) is 15.6. The molecular weight excluding hydrogens is 414 g/mol. The van der Waals surface area contributed by atoms with Gasteiger partial charge in [0.25, 0.3) is 0 Å². The van der Waals surface area contributed by atoms with Crippen molar-refractivity contribution in [3.05, 3.63) is 46.7 Å². The summed E-state index contributed by atoms with van der Waals surface area (Å²) in [5, 5.41) is 2.82. The number of ether oxygens (including phenoxy) is 1. The first-order valence-corrected chi connectivity index (χ1v) is 11.0. The Labute approximate surface area is 179 Å². The molecule has 3 heterocycles. The fourth-order valence-corrected chi connectivity index (χ4v) is 4.94. The normalized spacial score (nSPS) is 14.7. The van der Waals surface area contributed by atoms with Crippen LogP contribution in [-0.4, -0.2) is 55.2 Å². The van der Waals surface area contributed by atoms with Crippen LogP contribution in [0.5, 0.6) is 0 Å². The van der Waals surface area contributed by atoms with Crippen LogP contribution < -0.4 is 4.90 Å². The first-order valence-electron chi connectivity index (χ1n) is 9.28. The minimum absolute atomic E-state index is 0. The van der Waals surface area contributed by atoms with Gasteiger partial charge in [-0.3, -0.25) is 14.6 Å². The third-order valence-corrected chi connectivity index (χ3v) is 6.62. The highest BCUT2D eigenvalue weighted by Crippen LogP contribution is 2.29. The zero-order chi connectivity index (χ0) is 18.5. The van der Waals surface area contributed by atoms with Crippen molar-refractivity contribution < 1.29 is 9.53 Å². The van der Waals surface area contributed by atoms with Gasteiger partial charge < -0.3 is 4.74 Å². The van der Waals surface area contributed by atoms with Crippen molar-refractivity contribution in [3.63, 3.8) is 0 Å². The maximum atomic E-state index is 13.0. The van der Waals surface area contributed by atoms with E-state index in [0.29, 0.717) is 13.0 Å². The van der Waals surface area contributed by atoms with Crippen LogP contribution >= 0.6 is 35.1 Å². The highest BCUT2D eigenvalue weighted by molar-refractivity contribution is 7.22. The van der Waals surface area contributed by atoms with Gasteiger partial charge >= 0.3 is 0 Å². The summed E-state index contributed by atoms with van der Waals surface area (Å²) in [4.78, 5) is 23.1. The molecule has 28 heavy (non-hydrogen) atoms. The highest BCUT2D eigenvalue weighted by atomic mass is 35.5. The predicted molar refractivity (Wildman–Crippen MR) is 119 cm³/mol. The molecule has 0 bridgehead atoms. The van der Waals surface area contributed by atoms with Crippen molar-refractivity contribution in [2.24, 2.45) is 0 Å². The lowest BCUT2D eigenvalue weighted by atomic mass is 10.3. The van der Waals surface area contributed by atoms with Crippen molar-refractivity contribution in [1.29, 1.82) is 0 Å². The van der Waals surface area contributed by atoms with Crippen LogP contribution in [0.1, 0.15) is 11.3 Å². The Kier molecular flexibility index (Phi) is 7.82. The standard InChI is InChI=1S/C20H23N3O2S2.ClH/c24-19(15-16-5-3-14-26-16)23(9-4-8-22-10-12-25-13-11-22)20-21-17-6-1-2-7-18(17)27-20;/h1-3,5-7,14H,4,8-13,15H2;1H. The number of hydrogen-bond acceptors (Lipinski definition) is 6. The molecule has 0 saturated carbocycles. The fraction of sp³-hybridized carbons (Fsp3) is 0.400. The average Bonchev–Trinajstić information content (AvgIpc) is 3.35. The van der Waals surface area contributed by atoms with Crippen LogP contribution in [-0.2, 0) is 16.0 Å². The van der Waals surface area contributed by atoms with Crippen molar-refractivity contribution in [1.82, 2.24) is 9.88 Å². The number of thiophene rings is 1. The number of rotatable bonds is 7. The smallest absolute Gasteiger partial charge is 0.234 e. The van der Waals surface area contributed by atoms with E-state index >= 15 is 0 Å². The fourth-order valence-electron chi connectivity index (χ4n) is 3.24. The van der Waals surface area contributed by atoms with Gasteiger partial charge in [0.15, 0.2) is 5.13 Å². The molecule has 5 nitrogen and oxygen atoms in total. The quantitative estimate of drug-likeness (QED) is 0.558. The molecule has 0 unspecified atom stereocenters. The molecule has 3 aromatic rings. The summed E-state index contributed by atoms with van der Waals surface area (Å²) in [6.45, 7) is 5.24. The minimum Gasteiger partial charge on any atom is -0.379 e. The maximum Gasteiger partial charge on any atom is 0.234 e. The van der Waals surface area contributed by atoms with Crippen molar-refractivity contribution >= 4 is 56.3 Å². The summed E-state index contributed by atoms with van der Waals surface area (Å²) >= 11 is 3.22. The van der Waals surface area contributed by atoms with E-state index < -0.39 is 0 Å². The molecule has 0 radical (unpaired) electrons. The summed E-state index contributed by atoms with van der Waals surface area (Å²) in [5.41, 5.74) is 0.958. The lowest BCUT2D eigenvalue weighted by molar-refractivity contribution is -0.118. The van der Waals surface area contributed by atoms with Gasteiger partial charge in [0.2, 0.25) is 5.91 Å². The van der Waals surface area contributed by atoms with E-state index in [1.54, 1.807) is 22.7 Å². The number of hydrogen-bond donors (Lipinski definition) is 0. The van der Waals surface area contributed by atoms with Gasteiger partial charge in [-0.2, -0.15) is 0 Å². The Morgan fingerprint density at radius 2 is 2.00 bits per heavy atom. The van der Waals surface area contributed by atoms with Gasteiger partial charge in [-0.05, 0) is 30.0 Å². The van der Waals surface area contributed by atoms with Gasteiger partial charge in [-0.15, -0.1) is 23.7 Å². The van der Waals surface area contributed by atoms with E-state index in [1.807, 2.05) is 40.6 Å². The molecule has 8 heteroatoms. The molecule has 0 N–H and O–H groups in total. The SMILES string of the molecule is Cl.O=C(Cc1cccs1)N(CCCN1CCOCC1)c1nc2ccccc2s1. The van der Waals surface area contributed by atoms with Crippen LogP contribution in [0.4, 0.5) is 5.13 Å². The van der Waals surface area contributed by atoms with Crippen LogP contribution in [0.25, 0.3) is 10.2 Å². The number of fused-ring (bicyclic) bond motifs is 1. The second-order valence-corrected chi connectivity index (χ2v) is 8.61. The number of para-hydroxylation sites is 1. The van der Waals surface area contributed by atoms with Crippen LogP contribution in [0.3, 0.4) is 0 Å². The monoisotopic (exact) mass is 437 g/mol. The van der Waals surface area contributed by atoms with Gasteiger partial charge in [0.05, 0.1) is 29.9 Å².